The lowest BCUT2D eigenvalue weighted by Gasteiger charge is -2.37. The molecule has 0 spiro atoms. The van der Waals surface area contributed by atoms with Crippen molar-refractivity contribution in [3.05, 3.63) is 24.3 Å². The van der Waals surface area contributed by atoms with Crippen molar-refractivity contribution in [2.24, 2.45) is 23.2 Å². The number of fused-ring (bicyclic) bond motifs is 1. The number of Topliss-reactive ketones (excluding diaryl/α,β-unsaturated/α-hetero) is 1. The molecule has 5 amide bonds. The minimum Gasteiger partial charge on any atom is -0.347 e. The van der Waals surface area contributed by atoms with Gasteiger partial charge in [-0.25, -0.2) is 4.98 Å². The number of hydrogen-bond acceptors (Lipinski definition) is 8. The lowest BCUT2D eigenvalue weighted by molar-refractivity contribution is -0.146. The molecule has 1 aromatic rings. The van der Waals surface area contributed by atoms with E-state index >= 15 is 0 Å². The summed E-state index contributed by atoms with van der Waals surface area (Å²) in [5, 5.41) is 11.2. The maximum absolute atomic E-state index is 14.4. The molecule has 0 radical (unpaired) electrons. The number of nitrogens with one attached hydrogen (secondary N) is 4. The molecular weight excluding hydrogens is 590 g/mol. The van der Waals surface area contributed by atoms with Crippen molar-refractivity contribution < 1.29 is 28.8 Å². The van der Waals surface area contributed by atoms with Crippen molar-refractivity contribution in [3.8, 4) is 0 Å². The molecule has 2 saturated carbocycles. The number of rotatable bonds is 13. The number of amides is 5. The molecule has 3 aliphatic rings. The Morgan fingerprint density at radius 3 is 2.28 bits per heavy atom. The fourth-order valence-electron chi connectivity index (χ4n) is 6.54. The molecule has 252 valence electrons. The Labute approximate surface area is 270 Å². The van der Waals surface area contributed by atoms with Crippen molar-refractivity contribution in [3.63, 3.8) is 0 Å². The fraction of sp³-hybridized carbons (Fsp3) is 0.697. The number of carbonyl (C=O) groups excluding carboxylic acids is 6. The predicted octanol–water partition coefficient (Wildman–Crippen LogP) is 1.52. The second kappa shape index (κ2) is 14.7. The average molecular weight is 640 g/mol. The lowest BCUT2D eigenvalue weighted by atomic mass is 9.85. The molecule has 2 aliphatic carbocycles. The summed E-state index contributed by atoms with van der Waals surface area (Å²) in [6.07, 6.45) is 9.25. The second-order valence-corrected chi connectivity index (χ2v) is 14.3. The summed E-state index contributed by atoms with van der Waals surface area (Å²) in [5.41, 5.74) is -0.685. The van der Waals surface area contributed by atoms with Crippen LogP contribution in [0.4, 0.5) is 0 Å². The molecule has 1 aliphatic heterocycles. The van der Waals surface area contributed by atoms with Crippen LogP contribution < -0.4 is 21.3 Å². The summed E-state index contributed by atoms with van der Waals surface area (Å²) in [6.45, 7) is 11.3. The first-order valence-corrected chi connectivity index (χ1v) is 16.6. The van der Waals surface area contributed by atoms with E-state index in [-0.39, 0.29) is 29.5 Å². The molecule has 46 heavy (non-hydrogen) atoms. The molecule has 13 heteroatoms. The molecule has 4 rings (SSSR count). The number of aromatic nitrogens is 2. The van der Waals surface area contributed by atoms with Crippen LogP contribution in [0.5, 0.6) is 0 Å². The van der Waals surface area contributed by atoms with Crippen LogP contribution in [-0.2, 0) is 24.0 Å². The summed E-state index contributed by atoms with van der Waals surface area (Å²) in [7, 11) is 0. The number of nitrogens with zero attached hydrogens (tertiary/aromatic N) is 3. The molecule has 3 unspecified atom stereocenters. The first-order chi connectivity index (χ1) is 21.7. The molecule has 2 heterocycles. The van der Waals surface area contributed by atoms with Gasteiger partial charge in [0.15, 0.2) is 0 Å². The Morgan fingerprint density at radius 2 is 1.70 bits per heavy atom. The van der Waals surface area contributed by atoms with E-state index in [4.69, 9.17) is 0 Å². The monoisotopic (exact) mass is 639 g/mol. The number of likely N-dealkylation sites (tertiary alicyclic amines) is 1. The second-order valence-electron chi connectivity index (χ2n) is 14.3. The van der Waals surface area contributed by atoms with E-state index in [2.05, 4.69) is 31.2 Å². The molecule has 3 fully saturated rings. The fourth-order valence-corrected chi connectivity index (χ4v) is 6.54. The topological polar surface area (TPSA) is 180 Å². The van der Waals surface area contributed by atoms with Crippen molar-refractivity contribution in [2.75, 3.05) is 6.54 Å². The van der Waals surface area contributed by atoms with Crippen molar-refractivity contribution >= 4 is 35.3 Å². The third-order valence-electron chi connectivity index (χ3n) is 9.22. The van der Waals surface area contributed by atoms with Gasteiger partial charge in [-0.15, -0.1) is 0 Å². The van der Waals surface area contributed by atoms with Gasteiger partial charge in [-0.1, -0.05) is 54.4 Å². The summed E-state index contributed by atoms with van der Waals surface area (Å²) >= 11 is 0. The Balaban J connectivity index is 1.53. The molecule has 4 N–H and O–H groups in total. The zero-order valence-corrected chi connectivity index (χ0v) is 27.8. The van der Waals surface area contributed by atoms with Gasteiger partial charge in [-0.3, -0.25) is 33.8 Å². The standard InChI is InChI=1S/C33H49N7O6/c1-7-9-22(26(41)31(45)36-20-12-13-20)37-30(44)25-21-11-8-10-19(21)17-40(25)32(46)27(33(4,5)6)39-29(43)24(18(2)3)38-28(42)23-16-34-14-15-35-23/h14-16,18-22,24-25,27H,7-13,17H2,1-6H3,(H,36,45)(H,37,44)(H,38,42)(H,39,43)/t19?,21?,22?,24-,25-,27+/m0/s1. The minimum atomic E-state index is -1.01. The van der Waals surface area contributed by atoms with Gasteiger partial charge >= 0.3 is 0 Å². The molecular formula is C33H49N7O6. The van der Waals surface area contributed by atoms with Crippen molar-refractivity contribution in [2.45, 2.75) is 117 Å². The number of ketones is 1. The van der Waals surface area contributed by atoms with E-state index in [0.717, 1.165) is 32.1 Å². The van der Waals surface area contributed by atoms with Crippen LogP contribution in [0.3, 0.4) is 0 Å². The summed E-state index contributed by atoms with van der Waals surface area (Å²) in [6, 6.07) is -3.79. The van der Waals surface area contributed by atoms with Gasteiger partial charge in [0.1, 0.15) is 23.8 Å². The Kier molecular flexibility index (Phi) is 11.2. The Bertz CT molecular complexity index is 1310. The SMILES string of the molecule is CCCC(NC(=O)[C@@H]1C2CCCC2CN1C(=O)[C@@H](NC(=O)[C@@H](NC(=O)c1cnccn1)C(C)C)C(C)(C)C)C(=O)C(=O)NC1CC1. The minimum absolute atomic E-state index is 0.0109. The van der Waals surface area contributed by atoms with E-state index in [1.807, 2.05) is 27.7 Å². The van der Waals surface area contributed by atoms with Crippen LogP contribution in [0.15, 0.2) is 18.6 Å². The third-order valence-corrected chi connectivity index (χ3v) is 9.22. The van der Waals surface area contributed by atoms with Gasteiger partial charge in [0, 0.05) is 25.0 Å². The smallest absolute Gasteiger partial charge is 0.289 e. The largest absolute Gasteiger partial charge is 0.347 e. The highest BCUT2D eigenvalue weighted by molar-refractivity contribution is 6.38. The molecule has 13 nitrogen and oxygen atoms in total. The van der Waals surface area contributed by atoms with Crippen LogP contribution in [-0.4, -0.2) is 86.9 Å². The molecule has 6 atom stereocenters. The van der Waals surface area contributed by atoms with Crippen LogP contribution in [0.25, 0.3) is 0 Å². The van der Waals surface area contributed by atoms with Crippen molar-refractivity contribution in [1.29, 1.82) is 0 Å². The molecule has 1 saturated heterocycles. The predicted molar refractivity (Wildman–Crippen MR) is 169 cm³/mol. The van der Waals surface area contributed by atoms with Gasteiger partial charge in [0.25, 0.3) is 11.8 Å². The Morgan fingerprint density at radius 1 is 0.978 bits per heavy atom. The summed E-state index contributed by atoms with van der Waals surface area (Å²) in [5.74, 6) is -3.61. The summed E-state index contributed by atoms with van der Waals surface area (Å²) in [4.78, 5) is 90.0. The highest BCUT2D eigenvalue weighted by atomic mass is 16.2. The zero-order chi connectivity index (χ0) is 33.8. The summed E-state index contributed by atoms with van der Waals surface area (Å²) < 4.78 is 0. The van der Waals surface area contributed by atoms with Crippen molar-refractivity contribution in [1.82, 2.24) is 36.1 Å². The normalized spacial score (nSPS) is 22.8. The van der Waals surface area contributed by atoms with Crippen LogP contribution in [0.1, 0.15) is 97.0 Å². The molecule has 0 aromatic carbocycles. The van der Waals surface area contributed by atoms with Gasteiger partial charge in [-0.05, 0) is 55.3 Å². The number of hydrogen-bond donors (Lipinski definition) is 4. The van der Waals surface area contributed by atoms with E-state index in [1.165, 1.54) is 18.6 Å². The quantitative estimate of drug-likeness (QED) is 0.235. The van der Waals surface area contributed by atoms with Crippen LogP contribution in [0, 0.1) is 23.2 Å². The van der Waals surface area contributed by atoms with E-state index in [9.17, 15) is 28.8 Å². The van der Waals surface area contributed by atoms with Crippen LogP contribution >= 0.6 is 0 Å². The zero-order valence-electron chi connectivity index (χ0n) is 27.8. The highest BCUT2D eigenvalue weighted by Crippen LogP contribution is 2.43. The first-order valence-electron chi connectivity index (χ1n) is 16.6. The van der Waals surface area contributed by atoms with Gasteiger partial charge < -0.3 is 26.2 Å². The number of carbonyl (C=O) groups is 6. The van der Waals surface area contributed by atoms with E-state index < -0.39 is 64.9 Å². The third kappa shape index (κ3) is 8.27. The highest BCUT2D eigenvalue weighted by Gasteiger charge is 2.52. The molecule has 0 bridgehead atoms. The van der Waals surface area contributed by atoms with E-state index in [1.54, 1.807) is 18.7 Å². The maximum Gasteiger partial charge on any atom is 0.289 e. The maximum atomic E-state index is 14.4. The van der Waals surface area contributed by atoms with Crippen LogP contribution in [0.2, 0.25) is 0 Å². The Hall–Kier alpha value is -3.90. The lowest BCUT2D eigenvalue weighted by Crippen LogP contribution is -2.62. The van der Waals surface area contributed by atoms with Gasteiger partial charge in [0.2, 0.25) is 23.5 Å². The van der Waals surface area contributed by atoms with Gasteiger partial charge in [0.05, 0.1) is 12.2 Å². The average Bonchev–Trinajstić information content (AvgIpc) is 3.57. The van der Waals surface area contributed by atoms with Gasteiger partial charge in [-0.2, -0.15) is 0 Å². The van der Waals surface area contributed by atoms with E-state index in [0.29, 0.717) is 19.4 Å². The molecule has 1 aromatic heterocycles. The first kappa shape index (κ1) is 35.0.